The number of sulfone groups is 1. The van der Waals surface area contributed by atoms with E-state index in [9.17, 15) is 13.2 Å². The predicted molar refractivity (Wildman–Crippen MR) is 136 cm³/mol. The van der Waals surface area contributed by atoms with Crippen LogP contribution in [0.15, 0.2) is 34.3 Å². The number of amides is 1. The molecular weight excluding hydrogens is 546 g/mol. The number of aromatic nitrogens is 3. The van der Waals surface area contributed by atoms with E-state index in [4.69, 9.17) is 16.0 Å². The number of hydrogen-bond donors (Lipinski definition) is 0. The first-order chi connectivity index (χ1) is 17.5. The van der Waals surface area contributed by atoms with E-state index >= 15 is 8.78 Å². The average Bonchev–Trinajstić information content (AvgIpc) is 3.64. The van der Waals surface area contributed by atoms with Crippen LogP contribution in [0.3, 0.4) is 0 Å². The molecule has 0 aliphatic carbocycles. The molecule has 0 N–H and O–H groups in total. The molecule has 2 saturated heterocycles. The molecule has 200 valence electrons. The molecule has 1 unspecified atom stereocenters. The summed E-state index contributed by atoms with van der Waals surface area (Å²) in [7, 11) is -3.20. The Morgan fingerprint density at radius 3 is 2.57 bits per heavy atom. The molecule has 8 nitrogen and oxygen atoms in total. The Labute approximate surface area is 223 Å². The van der Waals surface area contributed by atoms with Gasteiger partial charge in [-0.3, -0.25) is 9.78 Å². The summed E-state index contributed by atoms with van der Waals surface area (Å²) in [6.45, 7) is 6.05. The monoisotopic (exact) mass is 572 g/mol. The maximum atomic E-state index is 15.2. The van der Waals surface area contributed by atoms with E-state index in [0.29, 0.717) is 15.5 Å². The molecule has 1 atom stereocenters. The van der Waals surface area contributed by atoms with Crippen LogP contribution in [-0.4, -0.2) is 59.0 Å². The third kappa shape index (κ3) is 5.28. The summed E-state index contributed by atoms with van der Waals surface area (Å²) in [6, 6.07) is 3.86. The van der Waals surface area contributed by atoms with E-state index in [1.165, 1.54) is 35.7 Å². The average molecular weight is 573 g/mol. The fraction of sp³-hybridized carbons (Fsp3) is 0.500. The van der Waals surface area contributed by atoms with Crippen molar-refractivity contribution in [1.82, 2.24) is 20.1 Å². The normalized spacial score (nSPS) is 20.5. The molecule has 37 heavy (non-hydrogen) atoms. The van der Waals surface area contributed by atoms with Gasteiger partial charge in [-0.25, -0.2) is 8.42 Å². The minimum Gasteiger partial charge on any atom is -0.419 e. The molecule has 13 heteroatoms. The second kappa shape index (κ2) is 10.4. The van der Waals surface area contributed by atoms with Crippen LogP contribution in [0.5, 0.6) is 0 Å². The molecule has 2 aliphatic rings. The van der Waals surface area contributed by atoms with Crippen LogP contribution in [0.4, 0.5) is 8.78 Å². The van der Waals surface area contributed by atoms with E-state index in [-0.39, 0.29) is 54.8 Å². The van der Waals surface area contributed by atoms with Crippen molar-refractivity contribution < 1.29 is 26.4 Å². The highest BCUT2D eigenvalue weighted by molar-refractivity contribution is 7.91. The summed E-state index contributed by atoms with van der Waals surface area (Å²) in [5, 5.41) is 7.97. The number of aryl methyl sites for hydroxylation is 1. The minimum atomic E-state index is -3.56. The lowest BCUT2D eigenvalue weighted by Crippen LogP contribution is -2.39. The smallest absolute Gasteiger partial charge is 0.349 e. The fourth-order valence-electron chi connectivity index (χ4n) is 4.86. The largest absolute Gasteiger partial charge is 0.419 e. The van der Waals surface area contributed by atoms with Crippen LogP contribution in [0.1, 0.15) is 65.2 Å². The van der Waals surface area contributed by atoms with Gasteiger partial charge in [-0.15, -0.1) is 21.5 Å². The fourth-order valence-corrected chi connectivity index (χ4v) is 7.20. The first kappa shape index (κ1) is 27.6. The van der Waals surface area contributed by atoms with Crippen LogP contribution in [-0.2, 0) is 15.8 Å². The van der Waals surface area contributed by atoms with E-state index < -0.39 is 33.0 Å². The van der Waals surface area contributed by atoms with Gasteiger partial charge in [0, 0.05) is 29.1 Å². The van der Waals surface area contributed by atoms with Crippen molar-refractivity contribution in [3.8, 4) is 0 Å². The second-order valence-electron chi connectivity index (χ2n) is 9.10. The highest BCUT2D eigenvalue weighted by Gasteiger charge is 2.54. The van der Waals surface area contributed by atoms with Gasteiger partial charge < -0.3 is 9.32 Å². The van der Waals surface area contributed by atoms with Gasteiger partial charge in [-0.1, -0.05) is 31.5 Å². The van der Waals surface area contributed by atoms with E-state index in [1.54, 1.807) is 17.3 Å². The summed E-state index contributed by atoms with van der Waals surface area (Å²) < 4.78 is 60.3. The van der Waals surface area contributed by atoms with E-state index in [0.717, 1.165) is 0 Å². The number of rotatable bonds is 4. The number of benzene rings is 1. The Bertz CT molecular complexity index is 1370. The molecule has 2 fully saturated rings. The van der Waals surface area contributed by atoms with Gasteiger partial charge in [0.25, 0.3) is 11.8 Å². The summed E-state index contributed by atoms with van der Waals surface area (Å²) in [4.78, 5) is 19.0. The van der Waals surface area contributed by atoms with Gasteiger partial charge in [0.1, 0.15) is 14.7 Å². The Morgan fingerprint density at radius 1 is 1.24 bits per heavy atom. The lowest BCUT2D eigenvalue weighted by molar-refractivity contribution is 0.0109. The third-order valence-electron chi connectivity index (χ3n) is 6.93. The molecule has 1 spiro atoms. The summed E-state index contributed by atoms with van der Waals surface area (Å²) in [5.74, 6) is -5.35. The number of carbonyl (C=O) groups is 1. The van der Waals surface area contributed by atoms with Gasteiger partial charge in [0.05, 0.1) is 29.1 Å². The van der Waals surface area contributed by atoms with Gasteiger partial charge in [0.2, 0.25) is 5.89 Å². The highest BCUT2D eigenvalue weighted by atomic mass is 35.5. The minimum absolute atomic E-state index is 0.0238. The van der Waals surface area contributed by atoms with Gasteiger partial charge in [-0.2, -0.15) is 8.78 Å². The molecule has 5 rings (SSSR count). The predicted octanol–water partition coefficient (Wildman–Crippen LogP) is 5.09. The van der Waals surface area contributed by atoms with Crippen LogP contribution < -0.4 is 0 Å². The first-order valence-electron chi connectivity index (χ1n) is 11.9. The SMILES string of the molecule is CC.Cc1cc(C(F)(F)c2nnc(C3CN(C(=O)c4cncs4)CC34CCS(=O)(=O)CC4)o2)ccc1Cl. The van der Waals surface area contributed by atoms with Crippen molar-refractivity contribution in [2.24, 2.45) is 5.41 Å². The number of thiazole rings is 1. The molecule has 1 aromatic carbocycles. The second-order valence-corrected chi connectivity index (χ2v) is 12.7. The quantitative estimate of drug-likeness (QED) is 0.429. The summed E-state index contributed by atoms with van der Waals surface area (Å²) in [6.07, 6.45) is 2.02. The van der Waals surface area contributed by atoms with Crippen molar-refractivity contribution in [2.45, 2.75) is 45.5 Å². The van der Waals surface area contributed by atoms with Crippen molar-refractivity contribution in [3.05, 3.63) is 62.7 Å². The highest BCUT2D eigenvalue weighted by Crippen LogP contribution is 2.51. The molecule has 0 radical (unpaired) electrons. The Hall–Kier alpha value is -2.44. The maximum Gasteiger partial charge on any atom is 0.349 e. The Morgan fingerprint density at radius 2 is 1.95 bits per heavy atom. The van der Waals surface area contributed by atoms with Crippen LogP contribution >= 0.6 is 22.9 Å². The molecule has 0 bridgehead atoms. The summed E-state index contributed by atoms with van der Waals surface area (Å²) >= 11 is 7.17. The number of nitrogens with zero attached hydrogens (tertiary/aromatic N) is 4. The molecule has 0 saturated carbocycles. The Balaban J connectivity index is 0.00000156. The van der Waals surface area contributed by atoms with Crippen molar-refractivity contribution in [3.63, 3.8) is 0 Å². The zero-order valence-electron chi connectivity index (χ0n) is 20.6. The maximum absolute atomic E-state index is 15.2. The Kier molecular flexibility index (Phi) is 7.74. The standard InChI is InChI=1S/C22H21ClF2N4O4S2.C2H6/c1-13-8-14(2-3-16(13)23)22(24,25)20-28-27-18(33-20)15-10-29(19(30)17-9-26-12-34-17)11-21(15)4-6-35(31,32)7-5-21;1-2/h2-3,8-9,12,15H,4-7,10-11H2,1H3;1-2H3. The van der Waals surface area contributed by atoms with Gasteiger partial charge >= 0.3 is 5.92 Å². The zero-order valence-corrected chi connectivity index (χ0v) is 23.0. The molecule has 4 heterocycles. The first-order valence-corrected chi connectivity index (χ1v) is 15.0. The number of carbonyl (C=O) groups excluding carboxylic acids is 1. The number of halogens is 3. The van der Waals surface area contributed by atoms with E-state index in [2.05, 4.69) is 15.2 Å². The van der Waals surface area contributed by atoms with Gasteiger partial charge in [-0.05, 0) is 37.5 Å². The summed E-state index contributed by atoms with van der Waals surface area (Å²) in [5.41, 5.74) is 1.04. The lowest BCUT2D eigenvalue weighted by Gasteiger charge is -2.36. The molecule has 1 amide bonds. The van der Waals surface area contributed by atoms with Gasteiger partial charge in [0.15, 0.2) is 0 Å². The zero-order chi connectivity index (χ0) is 27.0. The number of likely N-dealkylation sites (tertiary alicyclic amines) is 1. The topological polar surface area (TPSA) is 106 Å². The van der Waals surface area contributed by atoms with Crippen LogP contribution in [0, 0.1) is 12.3 Å². The number of hydrogen-bond acceptors (Lipinski definition) is 8. The molecule has 2 aromatic heterocycles. The molecule has 3 aromatic rings. The lowest BCUT2D eigenvalue weighted by atomic mass is 9.73. The van der Waals surface area contributed by atoms with Crippen LogP contribution in [0.25, 0.3) is 0 Å². The van der Waals surface area contributed by atoms with Crippen molar-refractivity contribution in [2.75, 3.05) is 24.6 Å². The van der Waals surface area contributed by atoms with Crippen molar-refractivity contribution >= 4 is 38.7 Å². The van der Waals surface area contributed by atoms with E-state index in [1.807, 2.05) is 13.8 Å². The molecule has 2 aliphatic heterocycles. The third-order valence-corrected chi connectivity index (χ3v) is 9.77. The molecular formula is C24H27ClF2N4O4S2. The van der Waals surface area contributed by atoms with Crippen LogP contribution in [0.2, 0.25) is 5.02 Å². The number of alkyl halides is 2. The van der Waals surface area contributed by atoms with Crippen molar-refractivity contribution in [1.29, 1.82) is 0 Å².